The molecule has 3 N–H and O–H groups in total. The molecule has 9 heteroatoms. The van der Waals surface area contributed by atoms with Gasteiger partial charge < -0.3 is 15.7 Å². The number of nitrogens with one attached hydrogen (secondary N) is 2. The van der Waals surface area contributed by atoms with Crippen LogP contribution in [0.1, 0.15) is 49.7 Å². The molecule has 4 aromatic rings. The fourth-order valence-corrected chi connectivity index (χ4v) is 4.25. The molecule has 0 amide bonds. The van der Waals surface area contributed by atoms with Gasteiger partial charge in [0.25, 0.3) is 5.56 Å². The van der Waals surface area contributed by atoms with E-state index in [4.69, 9.17) is 4.98 Å². The fourth-order valence-electron chi connectivity index (χ4n) is 4.25. The first-order chi connectivity index (χ1) is 15.9. The van der Waals surface area contributed by atoms with Crippen LogP contribution in [-0.4, -0.2) is 36.0 Å². The summed E-state index contributed by atoms with van der Waals surface area (Å²) in [6, 6.07) is 9.73. The zero-order valence-electron chi connectivity index (χ0n) is 18.9. The molecule has 4 heterocycles. The molecule has 0 aliphatic carbocycles. The highest BCUT2D eigenvalue weighted by atomic mass is 16.3. The number of hydrogen-bond acceptors (Lipinski definition) is 7. The summed E-state index contributed by atoms with van der Waals surface area (Å²) >= 11 is 0. The third-order valence-electron chi connectivity index (χ3n) is 5.90. The standard InChI is InChI=1S/C24H27N7O2/c1-14(2)30-23(33)20-13-27-24(28-18-5-4-17-12-25-8-6-16(17)10-18)29-22(20)31(30)19-7-9-26-21(11-19)15(3)32/h4-5,7,9-11,13-15,25,32H,6,8,12H2,1-3H3,(H,27,28,29). The molecule has 1 aliphatic rings. The van der Waals surface area contributed by atoms with Gasteiger partial charge in [-0.15, -0.1) is 0 Å². The summed E-state index contributed by atoms with van der Waals surface area (Å²) in [5.74, 6) is 0.413. The highest BCUT2D eigenvalue weighted by molar-refractivity contribution is 5.77. The van der Waals surface area contributed by atoms with Crippen LogP contribution in [0.2, 0.25) is 0 Å². The Kier molecular flexibility index (Phi) is 5.43. The number of pyridine rings is 1. The molecule has 0 bridgehead atoms. The number of nitrogens with zero attached hydrogens (tertiary/aromatic N) is 5. The third kappa shape index (κ3) is 3.90. The van der Waals surface area contributed by atoms with Crippen molar-refractivity contribution in [3.63, 3.8) is 0 Å². The van der Waals surface area contributed by atoms with E-state index in [1.165, 1.54) is 11.1 Å². The largest absolute Gasteiger partial charge is 0.387 e. The second kappa shape index (κ2) is 8.42. The number of fused-ring (bicyclic) bond motifs is 2. The van der Waals surface area contributed by atoms with Gasteiger partial charge in [0.15, 0.2) is 5.65 Å². The van der Waals surface area contributed by atoms with Crippen LogP contribution >= 0.6 is 0 Å². The maximum Gasteiger partial charge on any atom is 0.278 e. The molecule has 0 saturated carbocycles. The van der Waals surface area contributed by atoms with Gasteiger partial charge in [0.05, 0.1) is 17.5 Å². The average Bonchev–Trinajstić information content (AvgIpc) is 3.11. The number of benzene rings is 1. The Bertz CT molecular complexity index is 1390. The zero-order chi connectivity index (χ0) is 23.1. The Morgan fingerprint density at radius 1 is 1.12 bits per heavy atom. The van der Waals surface area contributed by atoms with E-state index in [0.29, 0.717) is 28.4 Å². The van der Waals surface area contributed by atoms with Crippen LogP contribution in [0.15, 0.2) is 47.5 Å². The van der Waals surface area contributed by atoms with Gasteiger partial charge >= 0.3 is 0 Å². The molecular formula is C24H27N7O2. The van der Waals surface area contributed by atoms with Gasteiger partial charge in [-0.25, -0.2) is 14.3 Å². The monoisotopic (exact) mass is 445 g/mol. The van der Waals surface area contributed by atoms with Crippen molar-refractivity contribution in [1.29, 1.82) is 0 Å². The lowest BCUT2D eigenvalue weighted by molar-refractivity contribution is 0.194. The van der Waals surface area contributed by atoms with E-state index < -0.39 is 6.10 Å². The van der Waals surface area contributed by atoms with Gasteiger partial charge in [0, 0.05) is 30.7 Å². The molecule has 0 spiro atoms. The van der Waals surface area contributed by atoms with Crippen LogP contribution in [0.3, 0.4) is 0 Å². The minimum atomic E-state index is -0.725. The first-order valence-corrected chi connectivity index (χ1v) is 11.2. The zero-order valence-corrected chi connectivity index (χ0v) is 18.9. The molecule has 0 saturated heterocycles. The smallest absolute Gasteiger partial charge is 0.278 e. The second-order valence-corrected chi connectivity index (χ2v) is 8.64. The van der Waals surface area contributed by atoms with Crippen LogP contribution in [0.5, 0.6) is 0 Å². The maximum absolute atomic E-state index is 13.2. The van der Waals surface area contributed by atoms with Gasteiger partial charge in [-0.1, -0.05) is 6.07 Å². The summed E-state index contributed by atoms with van der Waals surface area (Å²) in [5.41, 5.74) is 5.08. The molecule has 0 radical (unpaired) electrons. The van der Waals surface area contributed by atoms with Crippen molar-refractivity contribution in [2.24, 2.45) is 0 Å². The maximum atomic E-state index is 13.2. The van der Waals surface area contributed by atoms with E-state index in [0.717, 1.165) is 25.2 Å². The number of hydrogen-bond donors (Lipinski definition) is 3. The molecule has 1 aliphatic heterocycles. The minimum Gasteiger partial charge on any atom is -0.387 e. The molecule has 3 aromatic heterocycles. The molecule has 1 unspecified atom stereocenters. The van der Waals surface area contributed by atoms with E-state index in [1.54, 1.807) is 40.8 Å². The van der Waals surface area contributed by atoms with Gasteiger partial charge in [0.2, 0.25) is 5.95 Å². The number of aliphatic hydroxyl groups is 1. The first kappa shape index (κ1) is 21.3. The summed E-state index contributed by atoms with van der Waals surface area (Å²) in [4.78, 5) is 26.6. The molecule has 5 rings (SSSR count). The summed E-state index contributed by atoms with van der Waals surface area (Å²) in [5, 5.41) is 17.1. The number of rotatable bonds is 5. The van der Waals surface area contributed by atoms with Crippen LogP contribution in [0.4, 0.5) is 11.6 Å². The quantitative estimate of drug-likeness (QED) is 0.433. The van der Waals surface area contributed by atoms with E-state index >= 15 is 0 Å². The fraction of sp³-hybridized carbons (Fsp3) is 0.333. The number of aromatic nitrogens is 5. The highest BCUT2D eigenvalue weighted by Gasteiger charge is 2.20. The molecular weight excluding hydrogens is 418 g/mol. The van der Waals surface area contributed by atoms with Crippen molar-refractivity contribution in [3.8, 4) is 5.69 Å². The van der Waals surface area contributed by atoms with E-state index in [-0.39, 0.29) is 11.6 Å². The molecule has 1 aromatic carbocycles. The predicted octanol–water partition coefficient (Wildman–Crippen LogP) is 3.00. The SMILES string of the molecule is CC(O)c1cc(-n2c3nc(Nc4ccc5c(c4)CCNC5)ncc3c(=O)n2C(C)C)ccn1. The van der Waals surface area contributed by atoms with Crippen LogP contribution in [0.25, 0.3) is 16.7 Å². The van der Waals surface area contributed by atoms with Crippen molar-refractivity contribution < 1.29 is 5.11 Å². The molecule has 1 atom stereocenters. The normalized spacial score (nSPS) is 14.5. The van der Waals surface area contributed by atoms with Gasteiger partial charge in [-0.05, 0) is 69.1 Å². The second-order valence-electron chi connectivity index (χ2n) is 8.64. The molecule has 9 nitrogen and oxygen atoms in total. The Balaban J connectivity index is 1.62. The van der Waals surface area contributed by atoms with Gasteiger partial charge in [0.1, 0.15) is 5.39 Å². The Morgan fingerprint density at radius 3 is 2.76 bits per heavy atom. The summed E-state index contributed by atoms with van der Waals surface area (Å²) in [7, 11) is 0. The topological polar surface area (TPSA) is 110 Å². The van der Waals surface area contributed by atoms with Crippen molar-refractivity contribution >= 4 is 22.7 Å². The minimum absolute atomic E-state index is 0.111. The Labute approximate surface area is 191 Å². The number of anilines is 2. The molecule has 0 fully saturated rings. The highest BCUT2D eigenvalue weighted by Crippen LogP contribution is 2.24. The van der Waals surface area contributed by atoms with Crippen LogP contribution in [-0.2, 0) is 13.0 Å². The van der Waals surface area contributed by atoms with E-state index in [9.17, 15) is 9.90 Å². The van der Waals surface area contributed by atoms with Crippen molar-refractivity contribution in [3.05, 3.63) is 69.9 Å². The van der Waals surface area contributed by atoms with Crippen molar-refractivity contribution in [2.75, 3.05) is 11.9 Å². The summed E-state index contributed by atoms with van der Waals surface area (Å²) in [6.45, 7) is 7.40. The summed E-state index contributed by atoms with van der Waals surface area (Å²) in [6.07, 6.45) is 3.45. The Morgan fingerprint density at radius 2 is 1.97 bits per heavy atom. The average molecular weight is 446 g/mol. The lowest BCUT2D eigenvalue weighted by Gasteiger charge is -2.18. The van der Waals surface area contributed by atoms with Crippen LogP contribution in [0, 0.1) is 0 Å². The third-order valence-corrected chi connectivity index (χ3v) is 5.90. The lowest BCUT2D eigenvalue weighted by atomic mass is 10.0. The van der Waals surface area contributed by atoms with Crippen LogP contribution < -0.4 is 16.2 Å². The van der Waals surface area contributed by atoms with Gasteiger partial charge in [-0.2, -0.15) is 4.98 Å². The molecule has 33 heavy (non-hydrogen) atoms. The first-order valence-electron chi connectivity index (χ1n) is 11.2. The predicted molar refractivity (Wildman–Crippen MR) is 127 cm³/mol. The summed E-state index contributed by atoms with van der Waals surface area (Å²) < 4.78 is 3.43. The lowest BCUT2D eigenvalue weighted by Crippen LogP contribution is -2.24. The van der Waals surface area contributed by atoms with Gasteiger partial charge in [-0.3, -0.25) is 9.78 Å². The Hall–Kier alpha value is -3.56. The van der Waals surface area contributed by atoms with Crippen molar-refractivity contribution in [2.45, 2.75) is 45.9 Å². The number of aliphatic hydroxyl groups excluding tert-OH is 1. The van der Waals surface area contributed by atoms with E-state index in [1.807, 2.05) is 19.9 Å². The molecule has 170 valence electrons. The van der Waals surface area contributed by atoms with E-state index in [2.05, 4.69) is 32.7 Å². The van der Waals surface area contributed by atoms with Crippen molar-refractivity contribution in [1.82, 2.24) is 29.6 Å².